The first-order chi connectivity index (χ1) is 8.78. The van der Waals surface area contributed by atoms with E-state index in [2.05, 4.69) is 0 Å². The first-order valence-corrected chi connectivity index (χ1v) is 5.66. The molecule has 0 spiro atoms. The molecule has 0 radical (unpaired) electrons. The van der Waals surface area contributed by atoms with Gasteiger partial charge in [0, 0.05) is 0 Å². The van der Waals surface area contributed by atoms with Crippen LogP contribution in [-0.2, 0) is 11.2 Å². The van der Waals surface area contributed by atoms with E-state index < -0.39 is 0 Å². The van der Waals surface area contributed by atoms with Crippen LogP contribution in [0, 0.1) is 0 Å². The minimum absolute atomic E-state index is 0.271. The molecule has 3 heteroatoms. The maximum Gasteiger partial charge on any atom is 0.315 e. The van der Waals surface area contributed by atoms with Gasteiger partial charge in [0.15, 0.2) is 0 Å². The molecule has 0 aliphatic rings. The molecule has 0 aliphatic heterocycles. The third-order valence-corrected chi connectivity index (χ3v) is 2.48. The molecule has 0 atom stereocenters. The predicted molar refractivity (Wildman–Crippen MR) is 68.8 cm³/mol. The number of esters is 1. The fraction of sp³-hybridized carbons (Fsp3) is 0.133. The van der Waals surface area contributed by atoms with Gasteiger partial charge in [0.25, 0.3) is 0 Å². The molecule has 2 rings (SSSR count). The summed E-state index contributed by atoms with van der Waals surface area (Å²) in [6.07, 6.45) is 0.271. The van der Waals surface area contributed by atoms with Crippen molar-refractivity contribution in [1.29, 1.82) is 0 Å². The van der Waals surface area contributed by atoms with Crippen LogP contribution in [0.5, 0.6) is 11.5 Å². The molecule has 0 bridgehead atoms. The Labute approximate surface area is 106 Å². The standard InChI is InChI=1S/C15H14O3/c1-17-13-7-9-14(10-8-13)18-15(16)11-12-5-3-2-4-6-12/h2-10H,11H2,1H3. The van der Waals surface area contributed by atoms with E-state index in [-0.39, 0.29) is 12.4 Å². The number of hydrogen-bond donors (Lipinski definition) is 0. The second kappa shape index (κ2) is 5.87. The molecule has 3 nitrogen and oxygen atoms in total. The number of benzene rings is 2. The molecule has 2 aromatic carbocycles. The van der Waals surface area contributed by atoms with Crippen LogP contribution in [0.4, 0.5) is 0 Å². The summed E-state index contributed by atoms with van der Waals surface area (Å²) in [4.78, 5) is 11.7. The first kappa shape index (κ1) is 12.2. The highest BCUT2D eigenvalue weighted by Gasteiger charge is 2.06. The molecule has 92 valence electrons. The second-order valence-corrected chi connectivity index (χ2v) is 3.81. The zero-order valence-electron chi connectivity index (χ0n) is 10.1. The van der Waals surface area contributed by atoms with Crippen molar-refractivity contribution in [3.8, 4) is 11.5 Å². The number of rotatable bonds is 4. The Morgan fingerprint density at radius 2 is 1.56 bits per heavy atom. The molecule has 0 fully saturated rings. The van der Waals surface area contributed by atoms with Crippen molar-refractivity contribution >= 4 is 5.97 Å². The van der Waals surface area contributed by atoms with Crippen LogP contribution in [-0.4, -0.2) is 13.1 Å². The van der Waals surface area contributed by atoms with Crippen LogP contribution in [0.15, 0.2) is 54.6 Å². The summed E-state index contributed by atoms with van der Waals surface area (Å²) >= 11 is 0. The molecule has 0 amide bonds. The van der Waals surface area contributed by atoms with Gasteiger partial charge in [-0.05, 0) is 29.8 Å². The molecular formula is C15H14O3. The van der Waals surface area contributed by atoms with Gasteiger partial charge in [-0.2, -0.15) is 0 Å². The van der Waals surface area contributed by atoms with Crippen LogP contribution in [0.3, 0.4) is 0 Å². The van der Waals surface area contributed by atoms with Crippen molar-refractivity contribution in [2.24, 2.45) is 0 Å². The van der Waals surface area contributed by atoms with Gasteiger partial charge in [-0.1, -0.05) is 30.3 Å². The summed E-state index contributed by atoms with van der Waals surface area (Å²) in [5, 5.41) is 0. The zero-order valence-corrected chi connectivity index (χ0v) is 10.1. The third-order valence-electron chi connectivity index (χ3n) is 2.48. The number of ether oxygens (including phenoxy) is 2. The lowest BCUT2D eigenvalue weighted by Crippen LogP contribution is -2.11. The lowest BCUT2D eigenvalue weighted by molar-refractivity contribution is -0.133. The highest BCUT2D eigenvalue weighted by molar-refractivity contribution is 5.75. The van der Waals surface area contributed by atoms with E-state index >= 15 is 0 Å². The van der Waals surface area contributed by atoms with Crippen molar-refractivity contribution in [2.75, 3.05) is 7.11 Å². The summed E-state index contributed by atoms with van der Waals surface area (Å²) in [6, 6.07) is 16.4. The van der Waals surface area contributed by atoms with E-state index in [1.54, 1.807) is 31.4 Å². The lowest BCUT2D eigenvalue weighted by Gasteiger charge is -2.05. The fourth-order valence-corrected chi connectivity index (χ4v) is 1.57. The predicted octanol–water partition coefficient (Wildman–Crippen LogP) is 2.84. The molecule has 18 heavy (non-hydrogen) atoms. The van der Waals surface area contributed by atoms with Gasteiger partial charge in [-0.15, -0.1) is 0 Å². The normalized spacial score (nSPS) is 9.83. The first-order valence-electron chi connectivity index (χ1n) is 5.66. The number of carbonyl (C=O) groups is 1. The smallest absolute Gasteiger partial charge is 0.315 e. The summed E-state index contributed by atoms with van der Waals surface area (Å²) in [7, 11) is 1.59. The van der Waals surface area contributed by atoms with Gasteiger partial charge in [0.2, 0.25) is 0 Å². The number of hydrogen-bond acceptors (Lipinski definition) is 3. The average Bonchev–Trinajstić information content (AvgIpc) is 2.40. The van der Waals surface area contributed by atoms with E-state index in [0.29, 0.717) is 5.75 Å². The molecular weight excluding hydrogens is 228 g/mol. The van der Waals surface area contributed by atoms with Crippen LogP contribution < -0.4 is 9.47 Å². The Bertz CT molecular complexity index is 503. The lowest BCUT2D eigenvalue weighted by atomic mass is 10.2. The Morgan fingerprint density at radius 1 is 0.944 bits per heavy atom. The highest BCUT2D eigenvalue weighted by atomic mass is 16.5. The molecule has 0 N–H and O–H groups in total. The van der Waals surface area contributed by atoms with Gasteiger partial charge in [0.1, 0.15) is 11.5 Å². The zero-order chi connectivity index (χ0) is 12.8. The van der Waals surface area contributed by atoms with E-state index in [1.807, 2.05) is 30.3 Å². The molecule has 0 aromatic heterocycles. The van der Waals surface area contributed by atoms with Crippen molar-refractivity contribution in [1.82, 2.24) is 0 Å². The number of methoxy groups -OCH3 is 1. The minimum atomic E-state index is -0.272. The molecule has 0 heterocycles. The van der Waals surface area contributed by atoms with Crippen molar-refractivity contribution in [2.45, 2.75) is 6.42 Å². The highest BCUT2D eigenvalue weighted by Crippen LogP contribution is 2.17. The molecule has 0 unspecified atom stereocenters. The largest absolute Gasteiger partial charge is 0.497 e. The molecule has 2 aromatic rings. The SMILES string of the molecule is COc1ccc(OC(=O)Cc2ccccc2)cc1. The van der Waals surface area contributed by atoms with E-state index in [4.69, 9.17) is 9.47 Å². The van der Waals surface area contributed by atoms with Crippen LogP contribution in [0.2, 0.25) is 0 Å². The summed E-state index contributed by atoms with van der Waals surface area (Å²) in [5.41, 5.74) is 0.941. The summed E-state index contributed by atoms with van der Waals surface area (Å²) in [5.74, 6) is 0.987. The maximum absolute atomic E-state index is 11.7. The third kappa shape index (κ3) is 3.35. The molecule has 0 saturated carbocycles. The van der Waals surface area contributed by atoms with Gasteiger partial charge in [-0.3, -0.25) is 4.79 Å². The molecule has 0 saturated heterocycles. The van der Waals surface area contributed by atoms with Crippen molar-refractivity contribution in [3.63, 3.8) is 0 Å². The average molecular weight is 242 g/mol. The van der Waals surface area contributed by atoms with Crippen LogP contribution in [0.1, 0.15) is 5.56 Å². The van der Waals surface area contributed by atoms with Crippen LogP contribution >= 0.6 is 0 Å². The molecule has 0 aliphatic carbocycles. The van der Waals surface area contributed by atoms with E-state index in [9.17, 15) is 4.79 Å². The van der Waals surface area contributed by atoms with Gasteiger partial charge >= 0.3 is 5.97 Å². The summed E-state index contributed by atoms with van der Waals surface area (Å²) in [6.45, 7) is 0. The Hall–Kier alpha value is -2.29. The summed E-state index contributed by atoms with van der Waals surface area (Å²) < 4.78 is 10.3. The quantitative estimate of drug-likeness (QED) is 0.611. The van der Waals surface area contributed by atoms with E-state index in [1.165, 1.54) is 0 Å². The monoisotopic (exact) mass is 242 g/mol. The Kier molecular flexibility index (Phi) is 3.97. The van der Waals surface area contributed by atoms with E-state index in [0.717, 1.165) is 11.3 Å². The minimum Gasteiger partial charge on any atom is -0.497 e. The Morgan fingerprint density at radius 3 is 2.17 bits per heavy atom. The van der Waals surface area contributed by atoms with Crippen LogP contribution in [0.25, 0.3) is 0 Å². The number of carbonyl (C=O) groups excluding carboxylic acids is 1. The van der Waals surface area contributed by atoms with Gasteiger partial charge < -0.3 is 9.47 Å². The van der Waals surface area contributed by atoms with Crippen molar-refractivity contribution < 1.29 is 14.3 Å². The van der Waals surface area contributed by atoms with Gasteiger partial charge in [-0.25, -0.2) is 0 Å². The topological polar surface area (TPSA) is 35.5 Å². The maximum atomic E-state index is 11.7. The Balaban J connectivity index is 1.94. The van der Waals surface area contributed by atoms with Gasteiger partial charge in [0.05, 0.1) is 13.5 Å². The van der Waals surface area contributed by atoms with Crippen molar-refractivity contribution in [3.05, 3.63) is 60.2 Å². The fourth-order valence-electron chi connectivity index (χ4n) is 1.57. The second-order valence-electron chi connectivity index (χ2n) is 3.81.